The van der Waals surface area contributed by atoms with Crippen LogP contribution in [0.2, 0.25) is 0 Å². The number of hydrogen-bond acceptors (Lipinski definition) is 0. The average molecular weight is 131 g/mol. The summed E-state index contributed by atoms with van der Waals surface area (Å²) >= 11 is 0. The van der Waals surface area contributed by atoms with Gasteiger partial charge < -0.3 is 0 Å². The summed E-state index contributed by atoms with van der Waals surface area (Å²) in [5, 5.41) is 0. The summed E-state index contributed by atoms with van der Waals surface area (Å²) < 4.78 is 0. The van der Waals surface area contributed by atoms with Crippen molar-refractivity contribution in [1.82, 2.24) is 0 Å². The molecule has 1 aliphatic rings. The van der Waals surface area contributed by atoms with Crippen molar-refractivity contribution < 1.29 is 0 Å². The van der Waals surface area contributed by atoms with Gasteiger partial charge in [-0.1, -0.05) is 24.3 Å². The Morgan fingerprint density at radius 2 is 2.00 bits per heavy atom. The topological polar surface area (TPSA) is 0 Å². The quantitative estimate of drug-likeness (QED) is 0.507. The number of benzene rings is 1. The van der Waals surface area contributed by atoms with Crippen LogP contribution in [0.15, 0.2) is 24.3 Å². The number of rotatable bonds is 0. The lowest BCUT2D eigenvalue weighted by molar-refractivity contribution is 0.775. The lowest BCUT2D eigenvalue weighted by Crippen LogP contribution is -1.98. The fourth-order valence-electron chi connectivity index (χ4n) is 1.51. The molecule has 0 heterocycles. The second-order valence-electron chi connectivity index (χ2n) is 2.80. The molecule has 2 rings (SSSR count). The van der Waals surface area contributed by atoms with Crippen molar-refractivity contribution in [1.29, 1.82) is 0 Å². The molecule has 0 saturated heterocycles. The van der Waals surface area contributed by atoms with Crippen molar-refractivity contribution in [3.8, 4) is 0 Å². The van der Waals surface area contributed by atoms with Gasteiger partial charge in [-0.3, -0.25) is 0 Å². The van der Waals surface area contributed by atoms with E-state index in [1.165, 1.54) is 30.4 Å². The Kier molecular flexibility index (Phi) is 1.46. The van der Waals surface area contributed by atoms with Crippen molar-refractivity contribution in [3.63, 3.8) is 0 Å². The van der Waals surface area contributed by atoms with E-state index in [0.717, 1.165) is 0 Å². The van der Waals surface area contributed by atoms with E-state index < -0.39 is 0 Å². The zero-order valence-corrected chi connectivity index (χ0v) is 6.01. The van der Waals surface area contributed by atoms with Crippen LogP contribution in [0.25, 0.3) is 0 Å². The monoisotopic (exact) mass is 131 g/mol. The molecule has 0 aliphatic heterocycles. The molecule has 0 N–H and O–H groups in total. The van der Waals surface area contributed by atoms with Crippen LogP contribution in [0, 0.1) is 6.42 Å². The summed E-state index contributed by atoms with van der Waals surface area (Å²) in [6.07, 6.45) is 6.19. The molecule has 0 saturated carbocycles. The van der Waals surface area contributed by atoms with Crippen LogP contribution >= 0.6 is 0 Å². The van der Waals surface area contributed by atoms with E-state index in [9.17, 15) is 0 Å². The van der Waals surface area contributed by atoms with Gasteiger partial charge in [-0.25, -0.2) is 0 Å². The summed E-state index contributed by atoms with van der Waals surface area (Å²) in [5.41, 5.74) is 2.97. The molecule has 1 aromatic carbocycles. The predicted molar refractivity (Wildman–Crippen MR) is 42.8 cm³/mol. The minimum absolute atomic E-state index is 1.26. The third-order valence-electron chi connectivity index (χ3n) is 2.07. The Balaban J connectivity index is 2.41. The van der Waals surface area contributed by atoms with Gasteiger partial charge in [0.15, 0.2) is 0 Å². The molecule has 0 heteroatoms. The van der Waals surface area contributed by atoms with Gasteiger partial charge in [-0.05, 0) is 36.8 Å². The normalized spacial score (nSPS) is 16.4. The summed E-state index contributed by atoms with van der Waals surface area (Å²) in [7, 11) is 0. The summed E-state index contributed by atoms with van der Waals surface area (Å²) in [4.78, 5) is 0. The van der Waals surface area contributed by atoms with Crippen molar-refractivity contribution in [3.05, 3.63) is 41.8 Å². The van der Waals surface area contributed by atoms with Gasteiger partial charge in [0.2, 0.25) is 0 Å². The first-order valence-corrected chi connectivity index (χ1v) is 3.88. The first kappa shape index (κ1) is 5.96. The second-order valence-corrected chi connectivity index (χ2v) is 2.80. The maximum atomic E-state index is 2.33. The van der Waals surface area contributed by atoms with Crippen LogP contribution in [0.1, 0.15) is 24.0 Å². The predicted octanol–water partition coefficient (Wildman–Crippen LogP) is 2.58. The number of hydrogen-bond donors (Lipinski definition) is 0. The second kappa shape index (κ2) is 2.45. The summed E-state index contributed by atoms with van der Waals surface area (Å²) in [5.74, 6) is 0. The highest BCUT2D eigenvalue weighted by Crippen LogP contribution is 2.21. The molecule has 0 nitrogen and oxygen atoms in total. The molecule has 0 fully saturated rings. The highest BCUT2D eigenvalue weighted by atomic mass is 14.1. The van der Waals surface area contributed by atoms with Crippen LogP contribution in [0.4, 0.5) is 0 Å². The Morgan fingerprint density at radius 1 is 1.10 bits per heavy atom. The van der Waals surface area contributed by atoms with Crippen LogP contribution in [0.5, 0.6) is 0 Å². The zero-order chi connectivity index (χ0) is 6.81. The minimum Gasteiger partial charge on any atom is -0.0620 e. The Morgan fingerprint density at radius 3 is 2.90 bits per heavy atom. The van der Waals surface area contributed by atoms with Crippen LogP contribution in [-0.2, 0) is 6.42 Å². The smallest absolute Gasteiger partial charge is 0.00901 e. The lowest BCUT2D eigenvalue weighted by atomic mass is 9.92. The summed E-state index contributed by atoms with van der Waals surface area (Å²) in [6, 6.07) is 8.66. The highest BCUT2D eigenvalue weighted by molar-refractivity contribution is 5.34. The minimum atomic E-state index is 1.26. The Labute approximate surface area is 61.9 Å². The van der Waals surface area contributed by atoms with Crippen molar-refractivity contribution in [2.75, 3.05) is 0 Å². The van der Waals surface area contributed by atoms with E-state index in [-0.39, 0.29) is 0 Å². The molecule has 0 amide bonds. The van der Waals surface area contributed by atoms with E-state index in [1.54, 1.807) is 0 Å². The van der Waals surface area contributed by atoms with Crippen molar-refractivity contribution >= 4 is 0 Å². The highest BCUT2D eigenvalue weighted by Gasteiger charge is 2.06. The van der Waals surface area contributed by atoms with E-state index >= 15 is 0 Å². The maximum Gasteiger partial charge on any atom is -0.00901 e. The molecule has 0 unspecified atom stereocenters. The molecule has 0 bridgehead atoms. The summed E-state index contributed by atoms with van der Waals surface area (Å²) in [6.45, 7) is 0. The van der Waals surface area contributed by atoms with Crippen molar-refractivity contribution in [2.24, 2.45) is 0 Å². The van der Waals surface area contributed by atoms with Crippen molar-refractivity contribution in [2.45, 2.75) is 19.3 Å². The van der Waals surface area contributed by atoms with Gasteiger partial charge in [-0.15, -0.1) is 0 Å². The SMILES string of the molecule is [CH]1CCCc2ccccc21. The average Bonchev–Trinajstić information content (AvgIpc) is 2.05. The van der Waals surface area contributed by atoms with Crippen LogP contribution in [-0.4, -0.2) is 0 Å². The standard InChI is InChI=1S/C10H11/c1-2-6-10-8-4-3-7-9(10)5-1/h1-2,5-7H,3-4,8H2. The fourth-order valence-corrected chi connectivity index (χ4v) is 1.51. The molecule has 1 radical (unpaired) electrons. The zero-order valence-electron chi connectivity index (χ0n) is 6.01. The largest absolute Gasteiger partial charge is 0.0620 e. The third kappa shape index (κ3) is 0.942. The fraction of sp³-hybridized carbons (Fsp3) is 0.300. The Bertz CT molecular complexity index is 200. The molecule has 1 aliphatic carbocycles. The van der Waals surface area contributed by atoms with E-state index in [4.69, 9.17) is 0 Å². The molecular weight excluding hydrogens is 120 g/mol. The molecule has 0 spiro atoms. The van der Waals surface area contributed by atoms with Gasteiger partial charge in [0.25, 0.3) is 0 Å². The van der Waals surface area contributed by atoms with E-state index in [2.05, 4.69) is 30.7 Å². The third-order valence-corrected chi connectivity index (χ3v) is 2.07. The van der Waals surface area contributed by atoms with Gasteiger partial charge in [0.05, 0.1) is 0 Å². The maximum absolute atomic E-state index is 2.33. The van der Waals surface area contributed by atoms with Gasteiger partial charge in [0, 0.05) is 0 Å². The van der Waals surface area contributed by atoms with Crippen LogP contribution < -0.4 is 0 Å². The first-order valence-electron chi connectivity index (χ1n) is 3.88. The van der Waals surface area contributed by atoms with Crippen LogP contribution in [0.3, 0.4) is 0 Å². The molecule has 0 atom stereocenters. The van der Waals surface area contributed by atoms with E-state index in [0.29, 0.717) is 0 Å². The number of fused-ring (bicyclic) bond motifs is 1. The van der Waals surface area contributed by atoms with Gasteiger partial charge >= 0.3 is 0 Å². The van der Waals surface area contributed by atoms with Gasteiger partial charge in [-0.2, -0.15) is 0 Å². The molecule has 0 aromatic heterocycles. The van der Waals surface area contributed by atoms with E-state index in [1.807, 2.05) is 0 Å². The lowest BCUT2D eigenvalue weighted by Gasteiger charge is -2.13. The first-order chi connectivity index (χ1) is 4.97. The molecule has 10 heavy (non-hydrogen) atoms. The molecular formula is C10H11. The van der Waals surface area contributed by atoms with Gasteiger partial charge in [0.1, 0.15) is 0 Å². The molecule has 51 valence electrons. The number of aryl methyl sites for hydroxylation is 1. The Hall–Kier alpha value is -0.780. The molecule has 1 aromatic rings.